The number of H-pyrrole nitrogens is 3. The average molecular weight is 1030 g/mol. The predicted molar refractivity (Wildman–Crippen MR) is 235 cm³/mol. The van der Waals surface area contributed by atoms with Gasteiger partial charge in [0.1, 0.15) is 54.9 Å². The van der Waals surface area contributed by atoms with Gasteiger partial charge in [0.05, 0.1) is 56.7 Å². The van der Waals surface area contributed by atoms with Crippen molar-refractivity contribution in [2.45, 2.75) is 173 Å². The maximum absolute atomic E-state index is 15.3. The molecule has 6 N–H and O–H groups in total. The molecule has 29 heteroatoms. The van der Waals surface area contributed by atoms with Crippen molar-refractivity contribution < 1.29 is 76.1 Å². The number of aromatic nitrogens is 6. The van der Waals surface area contributed by atoms with E-state index in [2.05, 4.69) is 15.0 Å². The van der Waals surface area contributed by atoms with Crippen LogP contribution in [0.1, 0.15) is 94.0 Å². The highest BCUT2D eigenvalue weighted by Crippen LogP contribution is 2.54. The summed E-state index contributed by atoms with van der Waals surface area (Å²) in [4.78, 5) is 84.2. The summed E-state index contributed by atoms with van der Waals surface area (Å²) in [6.07, 6.45) is -13.8. The minimum absolute atomic E-state index is 0.0370. The normalized spacial score (nSPS) is 32.4. The van der Waals surface area contributed by atoms with Gasteiger partial charge in [-0.3, -0.25) is 56.6 Å². The van der Waals surface area contributed by atoms with Gasteiger partial charge in [0.15, 0.2) is 36.0 Å². The fraction of sp³-hybridized carbons (Fsp3) is 0.714. The molecule has 0 saturated carbocycles. The zero-order valence-corrected chi connectivity index (χ0v) is 41.0. The number of nitrogens with zero attached hydrogens (tertiary/aromatic N) is 3. The maximum atomic E-state index is 15.3. The van der Waals surface area contributed by atoms with Crippen LogP contribution in [-0.4, -0.2) is 136 Å². The Morgan fingerprint density at radius 2 is 0.704 bits per heavy atom. The first-order chi connectivity index (χ1) is 33.3. The zero-order valence-electron chi connectivity index (χ0n) is 40.1. The molecule has 0 amide bonds. The van der Waals surface area contributed by atoms with E-state index in [1.165, 1.54) is 20.8 Å². The van der Waals surface area contributed by atoms with Gasteiger partial charge < -0.3 is 58.0 Å². The summed E-state index contributed by atoms with van der Waals surface area (Å²) in [5.74, 6) is -3.78. The van der Waals surface area contributed by atoms with E-state index < -0.39 is 172 Å². The molecule has 0 unspecified atom stereocenters. The highest BCUT2D eigenvalue weighted by Gasteiger charge is 2.60. The molecule has 3 aromatic heterocycles. The third-order valence-corrected chi connectivity index (χ3v) is 14.7. The monoisotopic (exact) mass is 1030 g/mol. The number of ether oxygens (including phenoxy) is 9. The summed E-state index contributed by atoms with van der Waals surface area (Å²) in [7, 11) is -4.97. The van der Waals surface area contributed by atoms with Crippen molar-refractivity contribution in [2.75, 3.05) is 19.8 Å². The molecule has 9 rings (SSSR count). The summed E-state index contributed by atoms with van der Waals surface area (Å²) in [5, 5.41) is 30.9. The van der Waals surface area contributed by atoms with Gasteiger partial charge in [-0.15, -0.1) is 0 Å². The van der Waals surface area contributed by atoms with Crippen molar-refractivity contribution in [3.05, 3.63) is 96.3 Å². The fourth-order valence-electron chi connectivity index (χ4n) is 10.1. The van der Waals surface area contributed by atoms with Crippen molar-refractivity contribution in [1.82, 2.24) is 28.7 Å². The molecule has 0 aliphatic carbocycles. The number of hydrogen-bond acceptors (Lipinski definition) is 22. The average Bonchev–Trinajstić information content (AvgIpc) is 4.11. The lowest BCUT2D eigenvalue weighted by Crippen LogP contribution is -2.41. The van der Waals surface area contributed by atoms with Gasteiger partial charge >= 0.3 is 24.9 Å². The smallest absolute Gasteiger partial charge is 0.390 e. The molecule has 6 saturated heterocycles. The Bertz CT molecular complexity index is 2680. The van der Waals surface area contributed by atoms with Crippen molar-refractivity contribution >= 4 is 7.82 Å². The molecule has 12 atom stereocenters. The highest BCUT2D eigenvalue weighted by atomic mass is 31.2. The SMILES string of the molecule is Cc1c(CO)n([C@@H]2O[C@H](COP(=O)(OC[C@H]3O[C@@H](n4c(CO)c(C)c(=O)[nH]c4=O)[C@@H]4OC(C)(C)O[C@@H]43)OC[C@H]3O[C@@H](n4c(CO)c(C)c(=O)[nH]c4=O)[C@@H]4OC(C)(C)O[C@@H]43)[C@H]3OC(C)(C)O[C@H]32)c(=O)[nH]c1=O. The molecule has 6 aliphatic heterocycles. The first kappa shape index (κ1) is 51.6. The molecule has 71 heavy (non-hydrogen) atoms. The highest BCUT2D eigenvalue weighted by molar-refractivity contribution is 7.48. The van der Waals surface area contributed by atoms with Gasteiger partial charge in [-0.2, -0.15) is 0 Å². The number of aromatic amines is 3. The van der Waals surface area contributed by atoms with E-state index in [0.717, 1.165) is 13.7 Å². The molecule has 6 fully saturated rings. The van der Waals surface area contributed by atoms with Crippen molar-refractivity contribution in [3.63, 3.8) is 0 Å². The van der Waals surface area contributed by atoms with E-state index in [1.807, 2.05) is 0 Å². The van der Waals surface area contributed by atoms with E-state index >= 15 is 4.57 Å². The van der Waals surface area contributed by atoms with Gasteiger partial charge in [0.25, 0.3) is 16.7 Å². The fourth-order valence-corrected chi connectivity index (χ4v) is 11.3. The van der Waals surface area contributed by atoms with E-state index in [1.54, 1.807) is 41.5 Å². The Morgan fingerprint density at radius 1 is 0.465 bits per heavy atom. The molecule has 6 aliphatic rings. The van der Waals surface area contributed by atoms with E-state index in [-0.39, 0.29) is 33.8 Å². The standard InChI is InChI=1S/C42H57N6O22P/c1-16-19(10-49)46(37(55)43-31(16)52)34-28-25(65-40(4,5)68-28)22(62-34)13-59-71(58,60-14-23-26-29(69-41(6,7)66-26)35(63-23)47-20(11-50)17(2)32(53)44-38(47)56)61-15-24-27-30(70-42(8,9)67-27)36(64-24)48-21(12-51)18(3)33(54)45-39(48)57/h22-30,34-36,49-51H,10-15H2,1-9H3,(H,43,52,55)(H,44,53,56)(H,45,54,57)/t22-,23-,24-,25-,26-,27-,28-,29-,30-,34-,35-,36-/m1/s1. The Morgan fingerprint density at radius 3 is 0.944 bits per heavy atom. The lowest BCUT2D eigenvalue weighted by molar-refractivity contribution is -0.203. The van der Waals surface area contributed by atoms with Crippen molar-refractivity contribution in [3.8, 4) is 0 Å². The summed E-state index contributed by atoms with van der Waals surface area (Å²) >= 11 is 0. The van der Waals surface area contributed by atoms with Crippen LogP contribution >= 0.6 is 7.82 Å². The Balaban J connectivity index is 1.03. The largest absolute Gasteiger partial charge is 0.475 e. The second-order valence-electron chi connectivity index (χ2n) is 19.3. The molecule has 0 aromatic carbocycles. The van der Waals surface area contributed by atoms with E-state index in [4.69, 9.17) is 56.2 Å². The van der Waals surface area contributed by atoms with Crippen molar-refractivity contribution in [1.29, 1.82) is 0 Å². The summed E-state index contributed by atoms with van der Waals surface area (Å²) in [6.45, 7) is 9.80. The minimum atomic E-state index is -4.97. The molecular weight excluding hydrogens is 971 g/mol. The molecule has 28 nitrogen and oxygen atoms in total. The third kappa shape index (κ3) is 9.25. The maximum Gasteiger partial charge on any atom is 0.475 e. The summed E-state index contributed by atoms with van der Waals surface area (Å²) in [5.41, 5.74) is -4.99. The van der Waals surface area contributed by atoms with Crippen LogP contribution < -0.4 is 33.7 Å². The molecule has 3 aromatic rings. The molecule has 0 radical (unpaired) electrons. The van der Waals surface area contributed by atoms with Crippen LogP contribution in [0.3, 0.4) is 0 Å². The number of phosphoric ester groups is 1. The van der Waals surface area contributed by atoms with Crippen LogP contribution in [-0.2, 0) is 80.6 Å². The first-order valence-electron chi connectivity index (χ1n) is 22.7. The number of nitrogens with one attached hydrogen (secondary N) is 3. The van der Waals surface area contributed by atoms with Gasteiger partial charge in [-0.25, -0.2) is 18.9 Å². The molecule has 0 spiro atoms. The van der Waals surface area contributed by atoms with Gasteiger partial charge in [-0.05, 0) is 62.3 Å². The summed E-state index contributed by atoms with van der Waals surface area (Å²) in [6, 6.07) is 0. The molecule has 392 valence electrons. The van der Waals surface area contributed by atoms with Gasteiger partial charge in [0, 0.05) is 16.7 Å². The molecule has 9 heterocycles. The van der Waals surface area contributed by atoms with Gasteiger partial charge in [0.2, 0.25) is 0 Å². The lowest BCUT2D eigenvalue weighted by atomic mass is 10.1. The lowest BCUT2D eigenvalue weighted by Gasteiger charge is -2.28. The van der Waals surface area contributed by atoms with Crippen LogP contribution in [0.25, 0.3) is 0 Å². The molecular formula is C42H57N6O22P. The Labute approximate surface area is 401 Å². The molecule has 0 bridgehead atoms. The number of aliphatic hydroxyl groups is 3. The number of rotatable bonds is 15. The van der Waals surface area contributed by atoms with Gasteiger partial charge in [-0.1, -0.05) is 0 Å². The van der Waals surface area contributed by atoms with E-state index in [9.17, 15) is 44.1 Å². The predicted octanol–water partition coefficient (Wildman–Crippen LogP) is -1.55. The Kier molecular flexibility index (Phi) is 13.5. The van der Waals surface area contributed by atoms with Crippen LogP contribution in [0.15, 0.2) is 28.8 Å². The van der Waals surface area contributed by atoms with Crippen LogP contribution in [0.2, 0.25) is 0 Å². The van der Waals surface area contributed by atoms with Crippen molar-refractivity contribution in [2.24, 2.45) is 0 Å². The Hall–Kier alpha value is -4.33. The van der Waals surface area contributed by atoms with Crippen LogP contribution in [0, 0.1) is 20.8 Å². The second kappa shape index (κ2) is 18.6. The van der Waals surface area contributed by atoms with Crippen LogP contribution in [0.5, 0.6) is 0 Å². The number of phosphoric acid groups is 1. The quantitative estimate of drug-likeness (QED) is 0.0939. The third-order valence-electron chi connectivity index (χ3n) is 13.3. The number of hydrogen-bond donors (Lipinski definition) is 6. The van der Waals surface area contributed by atoms with Crippen LogP contribution in [0.4, 0.5) is 0 Å². The van der Waals surface area contributed by atoms with E-state index in [0.29, 0.717) is 0 Å². The zero-order chi connectivity index (χ0) is 51.4. The first-order valence-corrected chi connectivity index (χ1v) is 24.2. The second-order valence-corrected chi connectivity index (χ2v) is 21.0. The minimum Gasteiger partial charge on any atom is -0.390 e. The number of fused-ring (bicyclic) bond motifs is 3. The number of aliphatic hydroxyl groups excluding tert-OH is 3. The topological polar surface area (TPSA) is 353 Å². The summed E-state index contributed by atoms with van der Waals surface area (Å²) < 4.78 is 92.6.